The summed E-state index contributed by atoms with van der Waals surface area (Å²) in [6.07, 6.45) is 0. The molecule has 1 aromatic heterocycles. The van der Waals surface area contributed by atoms with Crippen LogP contribution in [-0.2, 0) is 17.9 Å². The minimum atomic E-state index is -0.320. The van der Waals surface area contributed by atoms with Gasteiger partial charge in [0.05, 0.1) is 18.2 Å². The van der Waals surface area contributed by atoms with E-state index in [0.29, 0.717) is 21.6 Å². The Bertz CT molecular complexity index is 1050. The molecule has 1 saturated heterocycles. The van der Waals surface area contributed by atoms with Crippen molar-refractivity contribution in [2.24, 2.45) is 0 Å². The van der Waals surface area contributed by atoms with Crippen molar-refractivity contribution in [3.8, 4) is 5.75 Å². The van der Waals surface area contributed by atoms with Crippen molar-refractivity contribution in [3.05, 3.63) is 81.7 Å². The number of rotatable bonds is 7. The normalized spacial score (nSPS) is 14.4. The maximum Gasteiger partial charge on any atom is 0.291 e. The lowest BCUT2D eigenvalue weighted by Gasteiger charge is -2.26. The first-order valence-corrected chi connectivity index (χ1v) is 10.7. The van der Waals surface area contributed by atoms with E-state index < -0.39 is 0 Å². The lowest BCUT2D eigenvalue weighted by molar-refractivity contribution is 0.0342. The summed E-state index contributed by atoms with van der Waals surface area (Å²) in [5.74, 6) is 0.890. The molecule has 1 fully saturated rings. The Morgan fingerprint density at radius 1 is 1.06 bits per heavy atom. The highest BCUT2D eigenvalue weighted by Gasteiger charge is 2.14. The van der Waals surface area contributed by atoms with Crippen LogP contribution in [0, 0.1) is 0 Å². The lowest BCUT2D eigenvalue weighted by Crippen LogP contribution is -2.35. The summed E-state index contributed by atoms with van der Waals surface area (Å²) in [5, 5.41) is 3.83. The highest BCUT2D eigenvalue weighted by Crippen LogP contribution is 2.28. The third-order valence-corrected chi connectivity index (χ3v) is 5.37. The Hall–Kier alpha value is -2.51. The van der Waals surface area contributed by atoms with Crippen molar-refractivity contribution in [3.63, 3.8) is 0 Å². The molecular weight excluding hydrogens is 439 g/mol. The monoisotopic (exact) mass is 460 g/mol. The number of carbonyl (C=O) groups excluding carboxylic acids is 1. The third-order valence-electron chi connectivity index (χ3n) is 4.84. The smallest absolute Gasteiger partial charge is 0.291 e. The van der Waals surface area contributed by atoms with E-state index in [-0.39, 0.29) is 18.3 Å². The second-order valence-corrected chi connectivity index (χ2v) is 8.02. The first kappa shape index (κ1) is 21.7. The number of nitrogens with one attached hydrogen (secondary N) is 1. The predicted molar refractivity (Wildman–Crippen MR) is 120 cm³/mol. The second kappa shape index (κ2) is 10.2. The number of ether oxygens (including phenoxy) is 2. The van der Waals surface area contributed by atoms with E-state index in [1.54, 1.807) is 30.3 Å². The van der Waals surface area contributed by atoms with Crippen LogP contribution in [0.5, 0.6) is 5.75 Å². The van der Waals surface area contributed by atoms with Gasteiger partial charge in [-0.15, -0.1) is 0 Å². The molecule has 0 spiro atoms. The zero-order valence-corrected chi connectivity index (χ0v) is 18.3. The number of furan rings is 1. The van der Waals surface area contributed by atoms with Crippen LogP contribution in [-0.4, -0.2) is 37.1 Å². The van der Waals surface area contributed by atoms with Crippen LogP contribution in [0.1, 0.15) is 21.9 Å². The van der Waals surface area contributed by atoms with Gasteiger partial charge in [-0.2, -0.15) is 0 Å². The highest BCUT2D eigenvalue weighted by molar-refractivity contribution is 6.35. The summed E-state index contributed by atoms with van der Waals surface area (Å²) in [6, 6.07) is 16.1. The molecule has 4 rings (SSSR count). The van der Waals surface area contributed by atoms with Gasteiger partial charge in [-0.1, -0.05) is 35.3 Å². The van der Waals surface area contributed by atoms with E-state index in [0.717, 1.165) is 44.1 Å². The Labute approximate surface area is 190 Å². The number of benzene rings is 2. The summed E-state index contributed by atoms with van der Waals surface area (Å²) in [4.78, 5) is 14.9. The number of amides is 1. The average Bonchev–Trinajstić information content (AvgIpc) is 3.23. The zero-order chi connectivity index (χ0) is 21.6. The molecule has 1 amide bonds. The SMILES string of the molecule is O=C(Nc1cccc(CN2CCOCC2)c1)c1ccc(COc2ccc(Cl)cc2Cl)o1. The summed E-state index contributed by atoms with van der Waals surface area (Å²) in [5.41, 5.74) is 1.85. The number of halogens is 2. The van der Waals surface area contributed by atoms with Crippen molar-refractivity contribution >= 4 is 34.8 Å². The van der Waals surface area contributed by atoms with E-state index in [1.165, 1.54) is 0 Å². The predicted octanol–water partition coefficient (Wildman–Crippen LogP) is 5.25. The number of anilines is 1. The van der Waals surface area contributed by atoms with Crippen LogP contribution in [0.25, 0.3) is 0 Å². The van der Waals surface area contributed by atoms with Gasteiger partial charge in [0.15, 0.2) is 5.76 Å². The van der Waals surface area contributed by atoms with E-state index in [2.05, 4.69) is 16.3 Å². The number of morpholine rings is 1. The van der Waals surface area contributed by atoms with Gasteiger partial charge in [0.1, 0.15) is 18.1 Å². The molecule has 3 aromatic rings. The van der Waals surface area contributed by atoms with Gasteiger partial charge >= 0.3 is 0 Å². The van der Waals surface area contributed by atoms with Gasteiger partial charge in [0, 0.05) is 30.3 Å². The minimum Gasteiger partial charge on any atom is -0.484 e. The summed E-state index contributed by atoms with van der Waals surface area (Å²) >= 11 is 12.0. The Morgan fingerprint density at radius 3 is 2.71 bits per heavy atom. The van der Waals surface area contributed by atoms with Crippen LogP contribution in [0.15, 0.2) is 59.0 Å². The zero-order valence-electron chi connectivity index (χ0n) is 16.8. The average molecular weight is 461 g/mol. The molecule has 1 aliphatic rings. The standard InChI is InChI=1S/C23H22Cl2N2O4/c24-17-4-6-21(20(25)13-17)30-15-19-5-7-22(31-19)23(28)26-18-3-1-2-16(12-18)14-27-8-10-29-11-9-27/h1-7,12-13H,8-11,14-15H2,(H,26,28). The van der Waals surface area contributed by atoms with Gasteiger partial charge in [-0.25, -0.2) is 0 Å². The van der Waals surface area contributed by atoms with Crippen LogP contribution in [0.3, 0.4) is 0 Å². The lowest BCUT2D eigenvalue weighted by atomic mass is 10.2. The fourth-order valence-electron chi connectivity index (χ4n) is 3.28. The number of hydrogen-bond donors (Lipinski definition) is 1. The molecule has 1 N–H and O–H groups in total. The van der Waals surface area contributed by atoms with Gasteiger partial charge < -0.3 is 19.2 Å². The molecule has 2 heterocycles. The molecule has 0 bridgehead atoms. The van der Waals surface area contributed by atoms with Crippen LogP contribution in [0.4, 0.5) is 5.69 Å². The van der Waals surface area contributed by atoms with Crippen molar-refractivity contribution in [1.82, 2.24) is 4.90 Å². The molecule has 0 saturated carbocycles. The maximum absolute atomic E-state index is 12.6. The maximum atomic E-state index is 12.6. The fraction of sp³-hybridized carbons (Fsp3) is 0.261. The number of nitrogens with zero attached hydrogens (tertiary/aromatic N) is 1. The molecule has 31 heavy (non-hydrogen) atoms. The van der Waals surface area contributed by atoms with Crippen molar-refractivity contribution in [2.45, 2.75) is 13.2 Å². The second-order valence-electron chi connectivity index (χ2n) is 7.17. The summed E-state index contributed by atoms with van der Waals surface area (Å²) in [6.45, 7) is 4.30. The van der Waals surface area contributed by atoms with E-state index >= 15 is 0 Å². The van der Waals surface area contributed by atoms with Crippen molar-refractivity contribution in [1.29, 1.82) is 0 Å². The summed E-state index contributed by atoms with van der Waals surface area (Å²) in [7, 11) is 0. The number of carbonyl (C=O) groups is 1. The molecule has 0 radical (unpaired) electrons. The number of hydrogen-bond acceptors (Lipinski definition) is 5. The molecule has 8 heteroatoms. The highest BCUT2D eigenvalue weighted by atomic mass is 35.5. The molecule has 1 aliphatic heterocycles. The van der Waals surface area contributed by atoms with Crippen LogP contribution >= 0.6 is 23.2 Å². The molecule has 2 aromatic carbocycles. The summed E-state index contributed by atoms with van der Waals surface area (Å²) < 4.78 is 16.7. The quantitative estimate of drug-likeness (QED) is 0.521. The van der Waals surface area contributed by atoms with Gasteiger partial charge in [0.2, 0.25) is 0 Å². The van der Waals surface area contributed by atoms with E-state index in [9.17, 15) is 4.79 Å². The Kier molecular flexibility index (Phi) is 7.14. The first-order valence-electron chi connectivity index (χ1n) is 9.94. The molecule has 0 atom stereocenters. The van der Waals surface area contributed by atoms with Gasteiger partial charge in [-0.3, -0.25) is 9.69 Å². The van der Waals surface area contributed by atoms with Crippen LogP contribution in [0.2, 0.25) is 10.0 Å². The van der Waals surface area contributed by atoms with Gasteiger partial charge in [-0.05, 0) is 48.0 Å². The largest absolute Gasteiger partial charge is 0.484 e. The molecule has 0 aliphatic carbocycles. The molecule has 162 valence electrons. The molecular formula is C23H22Cl2N2O4. The Balaban J connectivity index is 1.34. The van der Waals surface area contributed by atoms with E-state index in [4.69, 9.17) is 37.1 Å². The third kappa shape index (κ3) is 6.02. The fourth-order valence-corrected chi connectivity index (χ4v) is 3.74. The molecule has 0 unspecified atom stereocenters. The van der Waals surface area contributed by atoms with Crippen molar-refractivity contribution in [2.75, 3.05) is 31.6 Å². The topological polar surface area (TPSA) is 63.9 Å². The Morgan fingerprint density at radius 2 is 1.90 bits per heavy atom. The molecule has 6 nitrogen and oxygen atoms in total. The minimum absolute atomic E-state index is 0.143. The van der Waals surface area contributed by atoms with Crippen molar-refractivity contribution < 1.29 is 18.7 Å². The van der Waals surface area contributed by atoms with Gasteiger partial charge in [0.25, 0.3) is 5.91 Å². The van der Waals surface area contributed by atoms with Crippen LogP contribution < -0.4 is 10.1 Å². The van der Waals surface area contributed by atoms with E-state index in [1.807, 2.05) is 18.2 Å². The first-order chi connectivity index (χ1) is 15.1.